The molecule has 1 aliphatic carbocycles. The fraction of sp³-hybridized carbons (Fsp3) is 0.857. The molecule has 0 bridgehead atoms. The molecule has 6 atom stereocenters. The predicted octanol–water partition coefficient (Wildman–Crippen LogP) is -0.665. The summed E-state index contributed by atoms with van der Waals surface area (Å²) in [5.74, 6) is -2.50. The molecule has 2 unspecified atom stereocenters. The second-order valence-corrected chi connectivity index (χ2v) is 12.4. The third-order valence-corrected chi connectivity index (χ3v) is 6.49. The Balaban J connectivity index is 3.97. The molecular formula is C14H28O20P4. The quantitative estimate of drug-likeness (QED) is 0.0862. The minimum atomic E-state index is -5.75. The van der Waals surface area contributed by atoms with Gasteiger partial charge in [-0.3, -0.25) is 27.7 Å². The molecule has 224 valence electrons. The summed E-state index contributed by atoms with van der Waals surface area (Å²) in [4.78, 5) is 99.8. The van der Waals surface area contributed by atoms with Gasteiger partial charge in [0.25, 0.3) is 0 Å². The van der Waals surface area contributed by atoms with E-state index < -0.39 is 92.7 Å². The highest BCUT2D eigenvalue weighted by Crippen LogP contribution is 2.53. The van der Waals surface area contributed by atoms with Gasteiger partial charge in [0.2, 0.25) is 0 Å². The number of phosphoric ester groups is 4. The molecule has 20 nitrogen and oxygen atoms in total. The smallest absolute Gasteiger partial charge is 0.457 e. The van der Waals surface area contributed by atoms with Crippen LogP contribution in [0.3, 0.4) is 0 Å². The summed E-state index contributed by atoms with van der Waals surface area (Å²) in [5.41, 5.74) is 0. The van der Waals surface area contributed by atoms with Gasteiger partial charge in [0.15, 0.2) is 12.2 Å². The molecule has 0 amide bonds. The number of carbonyl (C=O) groups is 2. The Hall–Kier alpha value is -0.620. The van der Waals surface area contributed by atoms with Gasteiger partial charge in [-0.15, -0.1) is 0 Å². The minimum absolute atomic E-state index is 0.0850. The molecule has 0 saturated heterocycles. The van der Waals surface area contributed by atoms with Gasteiger partial charge in [-0.1, -0.05) is 13.8 Å². The Bertz CT molecular complexity index is 867. The maximum absolute atomic E-state index is 12.3. The zero-order chi connectivity index (χ0) is 29.7. The molecule has 0 aliphatic heterocycles. The minimum Gasteiger partial charge on any atom is -0.457 e. The van der Waals surface area contributed by atoms with Crippen LogP contribution < -0.4 is 0 Å². The van der Waals surface area contributed by atoms with Gasteiger partial charge in [0.05, 0.1) is 0 Å². The predicted molar refractivity (Wildman–Crippen MR) is 117 cm³/mol. The highest BCUT2D eigenvalue weighted by molar-refractivity contribution is 7.47. The lowest BCUT2D eigenvalue weighted by atomic mass is 9.84. The first-order chi connectivity index (χ1) is 17.1. The molecule has 0 heterocycles. The molecule has 0 spiro atoms. The first-order valence-corrected chi connectivity index (χ1v) is 16.5. The van der Waals surface area contributed by atoms with Crippen molar-refractivity contribution in [3.63, 3.8) is 0 Å². The Kier molecular flexibility index (Phi) is 12.9. The van der Waals surface area contributed by atoms with Gasteiger partial charge < -0.3 is 48.6 Å². The van der Waals surface area contributed by atoms with Crippen LogP contribution in [0, 0.1) is 0 Å². The first-order valence-electron chi connectivity index (χ1n) is 10.4. The topological polar surface area (TPSA) is 320 Å². The van der Waals surface area contributed by atoms with Gasteiger partial charge in [-0.25, -0.2) is 18.3 Å². The van der Waals surface area contributed by atoms with Crippen molar-refractivity contribution >= 4 is 43.2 Å². The number of rotatable bonds is 14. The van der Waals surface area contributed by atoms with Crippen molar-refractivity contribution in [1.82, 2.24) is 0 Å². The molecule has 1 fully saturated rings. The summed E-state index contributed by atoms with van der Waals surface area (Å²) in [5, 5.41) is 0. The normalized spacial score (nSPS) is 27.1. The lowest BCUT2D eigenvalue weighted by Crippen LogP contribution is -2.67. The van der Waals surface area contributed by atoms with Gasteiger partial charge in [-0.2, -0.15) is 0 Å². The van der Waals surface area contributed by atoms with E-state index in [0.717, 1.165) is 0 Å². The number of ether oxygens (including phenoxy) is 2. The first kappa shape index (κ1) is 35.4. The lowest BCUT2D eigenvalue weighted by Gasteiger charge is -2.47. The molecule has 0 aromatic carbocycles. The van der Waals surface area contributed by atoms with Crippen LogP contribution >= 0.6 is 31.3 Å². The molecule has 38 heavy (non-hydrogen) atoms. The second kappa shape index (κ2) is 13.8. The lowest BCUT2D eigenvalue weighted by molar-refractivity contribution is -0.230. The molecule has 24 heteroatoms. The number of esters is 2. The largest absolute Gasteiger partial charge is 0.470 e. The van der Waals surface area contributed by atoms with Crippen LogP contribution in [0.5, 0.6) is 0 Å². The SMILES string of the molecule is CCCC(=O)OC1[C@@H](OP(=O)(O)O)[C@@H](OP(=O)(O)O)C(OC(=O)CCC)[C@H](OP(=O)(O)O)[C@H]1OP(=O)(O)O. The van der Waals surface area contributed by atoms with E-state index in [4.69, 9.17) is 9.47 Å². The number of carbonyl (C=O) groups excluding carboxylic acids is 2. The van der Waals surface area contributed by atoms with E-state index in [-0.39, 0.29) is 12.8 Å². The van der Waals surface area contributed by atoms with Gasteiger partial charge in [-0.05, 0) is 12.8 Å². The van der Waals surface area contributed by atoms with E-state index in [1.54, 1.807) is 0 Å². The Morgan fingerprint density at radius 3 is 0.868 bits per heavy atom. The third-order valence-electron chi connectivity index (χ3n) is 4.42. The van der Waals surface area contributed by atoms with Crippen LogP contribution in [0.25, 0.3) is 0 Å². The van der Waals surface area contributed by atoms with Crippen molar-refractivity contribution < 1.29 is 94.6 Å². The standard InChI is InChI=1S/C14H28O20P4/c1-3-5-7(15)29-9-11(31-35(17,18)19)13(33-37(23,24)25)10(30-8(16)6-4-2)14(34-38(26,27)28)12(9)32-36(20,21)22/h9-14H,3-6H2,1-2H3,(H2,17,18,19)(H2,20,21,22)(H2,23,24,25)(H2,26,27,28)/t9?,10?,11-,12-,13-,14+/m0/s1. The molecule has 8 N–H and O–H groups in total. The summed E-state index contributed by atoms with van der Waals surface area (Å²) in [6, 6.07) is 0. The van der Waals surface area contributed by atoms with Crippen molar-refractivity contribution in [3.8, 4) is 0 Å². The van der Waals surface area contributed by atoms with Crippen molar-refractivity contribution in [2.75, 3.05) is 0 Å². The summed E-state index contributed by atoms with van der Waals surface area (Å²) in [6.07, 6.45) is -16.4. The van der Waals surface area contributed by atoms with E-state index in [2.05, 4.69) is 18.1 Å². The summed E-state index contributed by atoms with van der Waals surface area (Å²) in [6.45, 7) is 2.94. The maximum atomic E-state index is 12.3. The monoisotopic (exact) mass is 640 g/mol. The molecule has 1 aliphatic rings. The van der Waals surface area contributed by atoms with Crippen LogP contribution in [0.15, 0.2) is 0 Å². The average molecular weight is 640 g/mol. The van der Waals surface area contributed by atoms with Gasteiger partial charge in [0, 0.05) is 12.8 Å². The van der Waals surface area contributed by atoms with Crippen molar-refractivity contribution in [1.29, 1.82) is 0 Å². The highest BCUT2D eigenvalue weighted by Gasteiger charge is 2.62. The Labute approximate surface area is 214 Å². The van der Waals surface area contributed by atoms with E-state index >= 15 is 0 Å². The fourth-order valence-electron chi connectivity index (χ4n) is 3.33. The average Bonchev–Trinajstić information content (AvgIpc) is 2.66. The van der Waals surface area contributed by atoms with Gasteiger partial charge >= 0.3 is 43.2 Å². The summed E-state index contributed by atoms with van der Waals surface area (Å²) in [7, 11) is -23.0. The van der Waals surface area contributed by atoms with E-state index in [1.165, 1.54) is 13.8 Å². The highest BCUT2D eigenvalue weighted by atomic mass is 31.2. The Morgan fingerprint density at radius 1 is 0.500 bits per heavy atom. The third kappa shape index (κ3) is 12.7. The maximum Gasteiger partial charge on any atom is 0.470 e. The number of hydrogen-bond donors (Lipinski definition) is 8. The number of hydrogen-bond acceptors (Lipinski definition) is 12. The van der Waals surface area contributed by atoms with E-state index in [1.807, 2.05) is 0 Å². The van der Waals surface area contributed by atoms with Crippen LogP contribution in [0.2, 0.25) is 0 Å². The zero-order valence-electron chi connectivity index (χ0n) is 19.6. The fourth-order valence-corrected chi connectivity index (χ4v) is 5.56. The molecule has 0 radical (unpaired) electrons. The molecule has 1 rings (SSSR count). The van der Waals surface area contributed by atoms with Crippen LogP contribution in [-0.2, 0) is 55.4 Å². The van der Waals surface area contributed by atoms with Crippen LogP contribution in [-0.4, -0.2) is 87.7 Å². The van der Waals surface area contributed by atoms with E-state index in [0.29, 0.717) is 0 Å². The summed E-state index contributed by atoms with van der Waals surface area (Å²) < 4.78 is 74.7. The van der Waals surface area contributed by atoms with Crippen LogP contribution in [0.1, 0.15) is 39.5 Å². The van der Waals surface area contributed by atoms with Crippen molar-refractivity contribution in [2.45, 2.75) is 76.2 Å². The molecule has 1 saturated carbocycles. The van der Waals surface area contributed by atoms with Gasteiger partial charge in [0.1, 0.15) is 24.4 Å². The van der Waals surface area contributed by atoms with Crippen LogP contribution in [0.4, 0.5) is 0 Å². The zero-order valence-corrected chi connectivity index (χ0v) is 23.1. The molecule has 0 aromatic rings. The molecular weight excluding hydrogens is 612 g/mol. The van der Waals surface area contributed by atoms with Crippen molar-refractivity contribution in [3.05, 3.63) is 0 Å². The van der Waals surface area contributed by atoms with Crippen molar-refractivity contribution in [2.24, 2.45) is 0 Å². The summed E-state index contributed by atoms with van der Waals surface area (Å²) >= 11 is 0. The molecule has 0 aromatic heterocycles. The second-order valence-electron chi connectivity index (χ2n) is 7.65. The van der Waals surface area contributed by atoms with E-state index in [9.17, 15) is 67.0 Å². The number of phosphoric acid groups is 4. The Morgan fingerprint density at radius 2 is 0.711 bits per heavy atom.